The molecule has 0 saturated heterocycles. The lowest BCUT2D eigenvalue weighted by Crippen LogP contribution is -2.26. The van der Waals surface area contributed by atoms with E-state index in [9.17, 15) is 9.59 Å². The summed E-state index contributed by atoms with van der Waals surface area (Å²) in [5.74, 6) is 0.211. The average molecular weight is 294 g/mol. The molecular formula is C13H18N4O2S. The molecule has 1 amide bonds. The molecule has 6 nitrogen and oxygen atoms in total. The maximum absolute atomic E-state index is 11.8. The Kier molecular flexibility index (Phi) is 4.39. The van der Waals surface area contributed by atoms with Crippen LogP contribution in [0.25, 0.3) is 0 Å². The number of hydrogen-bond acceptors (Lipinski definition) is 4. The quantitative estimate of drug-likeness (QED) is 0.779. The second kappa shape index (κ2) is 6.04. The van der Waals surface area contributed by atoms with Gasteiger partial charge in [0.15, 0.2) is 0 Å². The minimum atomic E-state index is -0.242. The van der Waals surface area contributed by atoms with Crippen LogP contribution in [0.1, 0.15) is 41.7 Å². The minimum absolute atomic E-state index is 0.0752. The zero-order valence-corrected chi connectivity index (χ0v) is 12.6. The van der Waals surface area contributed by atoms with Crippen LogP contribution in [0.15, 0.2) is 10.2 Å². The fraction of sp³-hybridized carbons (Fsp3) is 0.462. The van der Waals surface area contributed by atoms with E-state index in [0.717, 1.165) is 10.7 Å². The third kappa shape index (κ3) is 3.36. The highest BCUT2D eigenvalue weighted by atomic mass is 32.1. The van der Waals surface area contributed by atoms with Crippen LogP contribution < -0.4 is 10.9 Å². The van der Waals surface area contributed by atoms with E-state index in [1.165, 1.54) is 0 Å². The predicted molar refractivity (Wildman–Crippen MR) is 77.9 cm³/mol. The van der Waals surface area contributed by atoms with Crippen LogP contribution in [-0.2, 0) is 17.8 Å². The van der Waals surface area contributed by atoms with Crippen molar-refractivity contribution in [2.45, 2.75) is 39.7 Å². The van der Waals surface area contributed by atoms with E-state index in [4.69, 9.17) is 0 Å². The van der Waals surface area contributed by atoms with Gasteiger partial charge in [0.25, 0.3) is 5.56 Å². The molecule has 0 atom stereocenters. The first kappa shape index (κ1) is 14.5. The Balaban J connectivity index is 1.90. The maximum Gasteiger partial charge on any atom is 0.267 e. The van der Waals surface area contributed by atoms with E-state index in [1.54, 1.807) is 18.3 Å². The second-order valence-electron chi connectivity index (χ2n) is 4.97. The summed E-state index contributed by atoms with van der Waals surface area (Å²) < 4.78 is 0. The molecule has 2 rings (SSSR count). The Morgan fingerprint density at radius 3 is 2.75 bits per heavy atom. The Bertz CT molecular complexity index is 653. The van der Waals surface area contributed by atoms with Crippen molar-refractivity contribution in [3.05, 3.63) is 37.7 Å². The summed E-state index contributed by atoms with van der Waals surface area (Å²) in [4.78, 5) is 27.7. The number of rotatable bonds is 5. The van der Waals surface area contributed by atoms with Gasteiger partial charge in [0.05, 0.1) is 23.7 Å². The number of hydrogen-bond donors (Lipinski definition) is 3. The number of aromatic amines is 2. The van der Waals surface area contributed by atoms with Crippen LogP contribution in [-0.4, -0.2) is 21.1 Å². The number of carbonyl (C=O) groups excluding carboxylic acids is 1. The first-order valence-electron chi connectivity index (χ1n) is 6.44. The SMILES string of the molecule is Cc1[nH][nH]c(=O)c1CC(=O)NCc1csc(C(C)C)n1. The van der Waals surface area contributed by atoms with Gasteiger partial charge in [-0.2, -0.15) is 0 Å². The fourth-order valence-corrected chi connectivity index (χ4v) is 2.60. The van der Waals surface area contributed by atoms with Crippen molar-refractivity contribution in [3.8, 4) is 0 Å². The maximum atomic E-state index is 11.8. The Hall–Kier alpha value is -1.89. The lowest BCUT2D eigenvalue weighted by molar-refractivity contribution is -0.120. The molecule has 2 aromatic rings. The van der Waals surface area contributed by atoms with E-state index in [-0.39, 0.29) is 17.9 Å². The van der Waals surface area contributed by atoms with Crippen LogP contribution in [0, 0.1) is 6.92 Å². The molecule has 0 fully saturated rings. The van der Waals surface area contributed by atoms with Gasteiger partial charge < -0.3 is 10.4 Å². The normalized spacial score (nSPS) is 11.0. The molecule has 0 spiro atoms. The molecule has 2 heterocycles. The van der Waals surface area contributed by atoms with Gasteiger partial charge in [-0.3, -0.25) is 14.7 Å². The smallest absolute Gasteiger partial charge is 0.267 e. The highest BCUT2D eigenvalue weighted by Crippen LogP contribution is 2.18. The summed E-state index contributed by atoms with van der Waals surface area (Å²) >= 11 is 1.60. The molecule has 0 aliphatic carbocycles. The number of amides is 1. The van der Waals surface area contributed by atoms with E-state index < -0.39 is 0 Å². The van der Waals surface area contributed by atoms with E-state index in [1.807, 2.05) is 5.38 Å². The Labute approximate surface area is 120 Å². The Morgan fingerprint density at radius 1 is 1.45 bits per heavy atom. The van der Waals surface area contributed by atoms with Crippen LogP contribution in [0.2, 0.25) is 0 Å². The third-order valence-corrected chi connectivity index (χ3v) is 4.15. The zero-order valence-electron chi connectivity index (χ0n) is 11.7. The number of nitrogens with one attached hydrogen (secondary N) is 3. The summed E-state index contributed by atoms with van der Waals surface area (Å²) in [6.07, 6.45) is 0.0752. The summed E-state index contributed by atoms with van der Waals surface area (Å²) in [6.45, 7) is 6.32. The number of aromatic nitrogens is 3. The predicted octanol–water partition coefficient (Wildman–Crippen LogP) is 1.45. The average Bonchev–Trinajstić information content (AvgIpc) is 2.98. The van der Waals surface area contributed by atoms with Gasteiger partial charge in [0.1, 0.15) is 0 Å². The highest BCUT2D eigenvalue weighted by molar-refractivity contribution is 7.09. The van der Waals surface area contributed by atoms with Gasteiger partial charge in [-0.1, -0.05) is 13.8 Å². The van der Waals surface area contributed by atoms with E-state index in [2.05, 4.69) is 34.3 Å². The first-order valence-corrected chi connectivity index (χ1v) is 7.32. The molecule has 0 aliphatic heterocycles. The van der Waals surface area contributed by atoms with Crippen molar-refractivity contribution in [2.75, 3.05) is 0 Å². The van der Waals surface area contributed by atoms with Gasteiger partial charge in [-0.15, -0.1) is 11.3 Å². The van der Waals surface area contributed by atoms with E-state index in [0.29, 0.717) is 23.7 Å². The summed E-state index contributed by atoms with van der Waals surface area (Å²) in [7, 11) is 0. The molecule has 0 aromatic carbocycles. The summed E-state index contributed by atoms with van der Waals surface area (Å²) in [6, 6.07) is 0. The molecule has 7 heteroatoms. The third-order valence-electron chi connectivity index (χ3n) is 2.96. The zero-order chi connectivity index (χ0) is 14.7. The topological polar surface area (TPSA) is 90.6 Å². The lowest BCUT2D eigenvalue weighted by atomic mass is 10.2. The lowest BCUT2D eigenvalue weighted by Gasteiger charge is -2.02. The van der Waals surface area contributed by atoms with Crippen LogP contribution >= 0.6 is 11.3 Å². The van der Waals surface area contributed by atoms with E-state index >= 15 is 0 Å². The van der Waals surface area contributed by atoms with Gasteiger partial charge in [0, 0.05) is 22.6 Å². The first-order chi connectivity index (χ1) is 9.47. The van der Waals surface area contributed by atoms with Crippen molar-refractivity contribution in [1.82, 2.24) is 20.5 Å². The van der Waals surface area contributed by atoms with Crippen molar-refractivity contribution in [2.24, 2.45) is 0 Å². The summed E-state index contributed by atoms with van der Waals surface area (Å²) in [5.41, 5.74) is 1.78. The molecule has 108 valence electrons. The summed E-state index contributed by atoms with van der Waals surface area (Å²) in [5, 5.41) is 11.0. The molecule has 0 bridgehead atoms. The van der Waals surface area contributed by atoms with Gasteiger partial charge >= 0.3 is 0 Å². The number of H-pyrrole nitrogens is 2. The molecule has 20 heavy (non-hydrogen) atoms. The molecule has 2 aromatic heterocycles. The number of aryl methyl sites for hydroxylation is 1. The number of carbonyl (C=O) groups is 1. The Morgan fingerprint density at radius 2 is 2.20 bits per heavy atom. The van der Waals surface area contributed by atoms with Gasteiger partial charge in [-0.25, -0.2) is 4.98 Å². The fourth-order valence-electron chi connectivity index (χ4n) is 1.77. The van der Waals surface area contributed by atoms with Crippen LogP contribution in [0.4, 0.5) is 0 Å². The molecule has 0 aliphatic rings. The molecule has 3 N–H and O–H groups in total. The van der Waals surface area contributed by atoms with Crippen molar-refractivity contribution >= 4 is 17.2 Å². The van der Waals surface area contributed by atoms with Crippen molar-refractivity contribution in [3.63, 3.8) is 0 Å². The van der Waals surface area contributed by atoms with Gasteiger partial charge in [-0.05, 0) is 6.92 Å². The largest absolute Gasteiger partial charge is 0.350 e. The number of thiazole rings is 1. The van der Waals surface area contributed by atoms with Crippen molar-refractivity contribution in [1.29, 1.82) is 0 Å². The van der Waals surface area contributed by atoms with Gasteiger partial charge in [0.2, 0.25) is 5.91 Å². The molecule has 0 unspecified atom stereocenters. The minimum Gasteiger partial charge on any atom is -0.350 e. The number of nitrogens with zero attached hydrogens (tertiary/aromatic N) is 1. The molecule has 0 radical (unpaired) electrons. The van der Waals surface area contributed by atoms with Crippen LogP contribution in [0.3, 0.4) is 0 Å². The second-order valence-corrected chi connectivity index (χ2v) is 5.86. The standard InChI is InChI=1S/C13H18N4O2S/c1-7(2)13-15-9(6-20-13)5-14-11(18)4-10-8(3)16-17-12(10)19/h6-7H,4-5H2,1-3H3,(H,14,18)(H2,16,17,19). The highest BCUT2D eigenvalue weighted by Gasteiger charge is 2.12. The van der Waals surface area contributed by atoms with Crippen LogP contribution in [0.5, 0.6) is 0 Å². The molecular weight excluding hydrogens is 276 g/mol. The monoisotopic (exact) mass is 294 g/mol. The molecule has 0 saturated carbocycles. The van der Waals surface area contributed by atoms with Crippen molar-refractivity contribution < 1.29 is 4.79 Å².